The molecule has 0 aliphatic carbocycles. The van der Waals surface area contributed by atoms with Gasteiger partial charge in [-0.15, -0.1) is 11.6 Å². The zero-order chi connectivity index (χ0) is 15.0. The number of alkyl halides is 1. The maximum atomic E-state index is 6.75. The Labute approximate surface area is 131 Å². The van der Waals surface area contributed by atoms with Crippen LogP contribution in [0.3, 0.4) is 0 Å². The molecule has 2 heteroatoms. The smallest absolute Gasteiger partial charge is 0.0840 e. The van der Waals surface area contributed by atoms with Crippen molar-refractivity contribution < 1.29 is 0 Å². The van der Waals surface area contributed by atoms with E-state index in [2.05, 4.69) is 34.6 Å². The Bertz CT molecular complexity index is 610. The highest BCUT2D eigenvalue weighted by atomic mass is 35.5. The number of hydrogen-bond acceptors (Lipinski definition) is 0. The lowest BCUT2D eigenvalue weighted by Gasteiger charge is -2.22. The summed E-state index contributed by atoms with van der Waals surface area (Å²) in [6.07, 6.45) is 0. The van der Waals surface area contributed by atoms with Crippen molar-refractivity contribution >= 4 is 23.2 Å². The van der Waals surface area contributed by atoms with Gasteiger partial charge in [0.2, 0.25) is 0 Å². The van der Waals surface area contributed by atoms with Gasteiger partial charge in [-0.2, -0.15) is 0 Å². The quantitative estimate of drug-likeness (QED) is 0.579. The van der Waals surface area contributed by atoms with Crippen LogP contribution in [0.5, 0.6) is 0 Å². The topological polar surface area (TPSA) is 0 Å². The average Bonchev–Trinajstić information content (AvgIpc) is 2.44. The summed E-state index contributed by atoms with van der Waals surface area (Å²) < 4.78 is 0. The minimum atomic E-state index is -0.134. The Morgan fingerprint density at radius 1 is 0.700 bits per heavy atom. The molecule has 0 radical (unpaired) electrons. The third-order valence-electron chi connectivity index (χ3n) is 4.47. The van der Waals surface area contributed by atoms with Gasteiger partial charge in [-0.05, 0) is 85.7 Å². The van der Waals surface area contributed by atoms with E-state index in [9.17, 15) is 0 Å². The lowest BCUT2D eigenvalue weighted by Crippen LogP contribution is -2.06. The van der Waals surface area contributed by atoms with Crippen molar-refractivity contribution in [1.29, 1.82) is 0 Å². The molecular weight excluding hydrogens is 287 g/mol. The van der Waals surface area contributed by atoms with Crippen molar-refractivity contribution in [3.05, 3.63) is 68.2 Å². The van der Waals surface area contributed by atoms with Gasteiger partial charge < -0.3 is 0 Å². The first kappa shape index (κ1) is 15.4. The van der Waals surface area contributed by atoms with Crippen LogP contribution >= 0.6 is 23.2 Å². The minimum absolute atomic E-state index is 0.134. The molecular formula is C18H20Cl2. The highest BCUT2D eigenvalue weighted by molar-refractivity contribution is 6.30. The number of hydrogen-bond donors (Lipinski definition) is 0. The molecule has 0 heterocycles. The number of halogens is 2. The van der Waals surface area contributed by atoms with Crippen LogP contribution in [-0.4, -0.2) is 0 Å². The monoisotopic (exact) mass is 306 g/mol. The minimum Gasteiger partial charge on any atom is -0.113 e. The van der Waals surface area contributed by atoms with E-state index < -0.39 is 0 Å². The van der Waals surface area contributed by atoms with Crippen LogP contribution in [0.1, 0.15) is 44.3 Å². The zero-order valence-electron chi connectivity index (χ0n) is 12.6. The molecule has 0 fully saturated rings. The second kappa shape index (κ2) is 5.79. The molecule has 2 aromatic carbocycles. The Morgan fingerprint density at radius 3 is 1.55 bits per heavy atom. The maximum absolute atomic E-state index is 6.75. The lowest BCUT2D eigenvalue weighted by molar-refractivity contribution is 1.04. The molecule has 106 valence electrons. The Morgan fingerprint density at radius 2 is 1.10 bits per heavy atom. The average molecular weight is 307 g/mol. The standard InChI is InChI=1S/C18H20Cl2/c1-10-11(2)13(4)17(14(5)12(10)3)18(20)15-6-8-16(19)9-7-15/h6-9,18H,1-5H3/t18-/m0/s1. The summed E-state index contributed by atoms with van der Waals surface area (Å²) in [5.74, 6) is 0. The summed E-state index contributed by atoms with van der Waals surface area (Å²) in [7, 11) is 0. The van der Waals surface area contributed by atoms with E-state index in [1.54, 1.807) is 0 Å². The molecule has 0 N–H and O–H groups in total. The van der Waals surface area contributed by atoms with Crippen molar-refractivity contribution in [3.8, 4) is 0 Å². The summed E-state index contributed by atoms with van der Waals surface area (Å²) in [5.41, 5.74) is 8.94. The lowest BCUT2D eigenvalue weighted by atomic mass is 9.86. The molecule has 0 amide bonds. The Hall–Kier alpha value is -0.980. The number of rotatable bonds is 2. The van der Waals surface area contributed by atoms with Gasteiger partial charge in [-0.3, -0.25) is 0 Å². The van der Waals surface area contributed by atoms with Gasteiger partial charge in [0.25, 0.3) is 0 Å². The van der Waals surface area contributed by atoms with E-state index in [4.69, 9.17) is 23.2 Å². The van der Waals surface area contributed by atoms with Gasteiger partial charge in [0.15, 0.2) is 0 Å². The normalized spacial score (nSPS) is 12.6. The third-order valence-corrected chi connectivity index (χ3v) is 5.20. The SMILES string of the molecule is Cc1c(C)c(C)c([C@@H](Cl)c2ccc(Cl)cc2)c(C)c1C. The first-order valence-electron chi connectivity index (χ1n) is 6.81. The van der Waals surface area contributed by atoms with Gasteiger partial charge >= 0.3 is 0 Å². The summed E-state index contributed by atoms with van der Waals surface area (Å²) in [4.78, 5) is 0. The molecule has 0 aromatic heterocycles. The van der Waals surface area contributed by atoms with E-state index in [1.165, 1.54) is 33.4 Å². The largest absolute Gasteiger partial charge is 0.113 e. The Kier molecular flexibility index (Phi) is 4.46. The van der Waals surface area contributed by atoms with Gasteiger partial charge in [0.1, 0.15) is 0 Å². The van der Waals surface area contributed by atoms with Crippen molar-refractivity contribution in [2.45, 2.75) is 40.0 Å². The molecule has 0 saturated carbocycles. The van der Waals surface area contributed by atoms with Crippen LogP contribution in [0, 0.1) is 34.6 Å². The first-order chi connectivity index (χ1) is 9.34. The van der Waals surface area contributed by atoms with Crippen molar-refractivity contribution in [2.24, 2.45) is 0 Å². The predicted molar refractivity (Wildman–Crippen MR) is 89.3 cm³/mol. The van der Waals surface area contributed by atoms with E-state index in [1.807, 2.05) is 24.3 Å². The molecule has 1 atom stereocenters. The highest BCUT2D eigenvalue weighted by Crippen LogP contribution is 2.37. The van der Waals surface area contributed by atoms with Crippen LogP contribution in [0.4, 0.5) is 0 Å². The predicted octanol–water partition coefficient (Wildman–Crippen LogP) is 6.21. The fourth-order valence-corrected chi connectivity index (χ4v) is 3.31. The fourth-order valence-electron chi connectivity index (χ4n) is 2.71. The van der Waals surface area contributed by atoms with Crippen molar-refractivity contribution in [1.82, 2.24) is 0 Å². The summed E-state index contributed by atoms with van der Waals surface area (Å²) in [6, 6.07) is 7.79. The maximum Gasteiger partial charge on any atom is 0.0840 e. The van der Waals surface area contributed by atoms with E-state index in [0.29, 0.717) is 0 Å². The van der Waals surface area contributed by atoms with E-state index in [-0.39, 0.29) is 5.38 Å². The van der Waals surface area contributed by atoms with Gasteiger partial charge in [0.05, 0.1) is 5.38 Å². The molecule has 0 aliphatic rings. The van der Waals surface area contributed by atoms with E-state index >= 15 is 0 Å². The molecule has 20 heavy (non-hydrogen) atoms. The number of benzene rings is 2. The fraction of sp³-hybridized carbons (Fsp3) is 0.333. The van der Waals surface area contributed by atoms with Crippen LogP contribution in [0.15, 0.2) is 24.3 Å². The van der Waals surface area contributed by atoms with Crippen molar-refractivity contribution in [2.75, 3.05) is 0 Å². The first-order valence-corrected chi connectivity index (χ1v) is 7.62. The molecule has 0 aliphatic heterocycles. The second-order valence-corrected chi connectivity index (χ2v) is 6.33. The summed E-state index contributed by atoms with van der Waals surface area (Å²) >= 11 is 12.7. The van der Waals surface area contributed by atoms with Crippen LogP contribution in [0.2, 0.25) is 5.02 Å². The second-order valence-electron chi connectivity index (χ2n) is 5.45. The molecule has 2 aromatic rings. The van der Waals surface area contributed by atoms with Crippen LogP contribution in [-0.2, 0) is 0 Å². The molecule has 0 unspecified atom stereocenters. The summed E-state index contributed by atoms with van der Waals surface area (Å²) in [5, 5.41) is 0.604. The van der Waals surface area contributed by atoms with Crippen LogP contribution < -0.4 is 0 Å². The highest BCUT2D eigenvalue weighted by Gasteiger charge is 2.20. The molecule has 0 bridgehead atoms. The third kappa shape index (κ3) is 2.60. The van der Waals surface area contributed by atoms with Crippen LogP contribution in [0.25, 0.3) is 0 Å². The van der Waals surface area contributed by atoms with E-state index in [0.717, 1.165) is 10.6 Å². The molecule has 0 nitrogen and oxygen atoms in total. The van der Waals surface area contributed by atoms with Gasteiger partial charge in [0, 0.05) is 5.02 Å². The molecule has 0 saturated heterocycles. The van der Waals surface area contributed by atoms with Crippen molar-refractivity contribution in [3.63, 3.8) is 0 Å². The summed E-state index contributed by atoms with van der Waals surface area (Å²) in [6.45, 7) is 10.9. The van der Waals surface area contributed by atoms with Gasteiger partial charge in [-0.25, -0.2) is 0 Å². The molecule has 2 rings (SSSR count). The molecule has 0 spiro atoms. The Balaban J connectivity index is 2.60. The zero-order valence-corrected chi connectivity index (χ0v) is 14.2. The van der Waals surface area contributed by atoms with Gasteiger partial charge in [-0.1, -0.05) is 23.7 Å².